The number of esters is 1. The first-order chi connectivity index (χ1) is 21.8. The van der Waals surface area contributed by atoms with E-state index in [1.54, 1.807) is 0 Å². The normalized spacial score (nSPS) is 13.8. The molecule has 0 bridgehead atoms. The molecule has 0 aromatic heterocycles. The minimum Gasteiger partial charge on any atom is -0.479 e. The fraction of sp³-hybridized carbons (Fsp3) is 0.486. The minimum absolute atomic E-state index is 0.134. The predicted molar refractivity (Wildman–Crippen MR) is 177 cm³/mol. The fourth-order valence-corrected chi connectivity index (χ4v) is 4.08. The number of allylic oxidation sites excluding steroid dienone is 12. The van der Waals surface area contributed by atoms with Crippen LogP contribution < -0.4 is 10.6 Å². The maximum absolute atomic E-state index is 12.3. The van der Waals surface area contributed by atoms with E-state index in [-0.39, 0.29) is 31.7 Å². The molecule has 250 valence electrons. The number of carbonyl (C=O) groups is 4. The SMILES string of the molecule is CC/C=C\C/C=C\C/C=C\C/C=C\C/C=C\C/C=C\CCC(=O)NCCC[C@@](NC(=O)/C=C/C(=O)OC)(C(=O)O)C(CO)CO. The van der Waals surface area contributed by atoms with Crippen LogP contribution >= 0.6 is 0 Å². The van der Waals surface area contributed by atoms with Crippen molar-refractivity contribution in [3.05, 3.63) is 85.1 Å². The summed E-state index contributed by atoms with van der Waals surface area (Å²) >= 11 is 0. The van der Waals surface area contributed by atoms with E-state index in [2.05, 4.69) is 83.1 Å². The van der Waals surface area contributed by atoms with Gasteiger partial charge in [-0.2, -0.15) is 0 Å². The van der Waals surface area contributed by atoms with Crippen molar-refractivity contribution in [2.75, 3.05) is 26.9 Å². The molecule has 0 unspecified atom stereocenters. The number of aliphatic hydroxyl groups excluding tert-OH is 2. The molecular formula is C35H52N2O8. The number of hydrogen-bond donors (Lipinski definition) is 5. The Morgan fingerprint density at radius 3 is 1.69 bits per heavy atom. The van der Waals surface area contributed by atoms with Gasteiger partial charge >= 0.3 is 11.9 Å². The molecule has 0 saturated heterocycles. The van der Waals surface area contributed by atoms with E-state index in [9.17, 15) is 34.5 Å². The maximum atomic E-state index is 12.3. The quantitative estimate of drug-likeness (QED) is 0.0423. The third-order valence-electron chi connectivity index (χ3n) is 6.64. The summed E-state index contributed by atoms with van der Waals surface area (Å²) in [6.07, 6.45) is 33.4. The van der Waals surface area contributed by atoms with Gasteiger partial charge in [0.25, 0.3) is 0 Å². The van der Waals surface area contributed by atoms with Crippen LogP contribution in [0.2, 0.25) is 0 Å². The lowest BCUT2D eigenvalue weighted by molar-refractivity contribution is -0.152. The maximum Gasteiger partial charge on any atom is 0.330 e. The Kier molecular flexibility index (Phi) is 25.1. The lowest BCUT2D eigenvalue weighted by Crippen LogP contribution is -2.61. The zero-order chi connectivity index (χ0) is 33.6. The Morgan fingerprint density at radius 1 is 0.756 bits per heavy atom. The highest BCUT2D eigenvalue weighted by atomic mass is 16.5. The summed E-state index contributed by atoms with van der Waals surface area (Å²) in [5.41, 5.74) is -2.02. The molecule has 0 aliphatic rings. The van der Waals surface area contributed by atoms with Crippen molar-refractivity contribution in [2.45, 2.75) is 76.7 Å². The average molecular weight is 629 g/mol. The number of carboxylic acids is 1. The first kappa shape index (κ1) is 41.0. The van der Waals surface area contributed by atoms with Gasteiger partial charge in [-0.3, -0.25) is 9.59 Å². The van der Waals surface area contributed by atoms with Gasteiger partial charge in [-0.05, 0) is 57.8 Å². The number of rotatable bonds is 25. The second kappa shape index (κ2) is 27.5. The standard InChI is InChI=1S/C35H52N2O8/c1-3-4-5-6-7-8-9-10-11-12-13-14-15-16-17-18-19-20-21-23-31(40)36-27-22-26-35(34(43)44,30(28-38)29-39)37-32(41)24-25-33(42)45-2/h4-5,7-8,10-11,13-14,16-17,19-20,24-25,30,38-39H,3,6,9,12,15,18,21-23,26-29H2,1-2H3,(H,36,40)(H,37,41)(H,43,44)/b5-4-,8-7-,11-10-,14-13-,17-16-,20-19-,25-24+/t35-/m0/s1. The Morgan fingerprint density at radius 2 is 1.24 bits per heavy atom. The second-order valence-corrected chi connectivity index (χ2v) is 10.1. The zero-order valence-corrected chi connectivity index (χ0v) is 26.7. The molecular weight excluding hydrogens is 576 g/mol. The second-order valence-electron chi connectivity index (χ2n) is 10.1. The third-order valence-corrected chi connectivity index (χ3v) is 6.64. The summed E-state index contributed by atoms with van der Waals surface area (Å²) in [6.45, 7) is 0.850. The monoisotopic (exact) mass is 628 g/mol. The van der Waals surface area contributed by atoms with Crippen molar-refractivity contribution in [1.82, 2.24) is 10.6 Å². The Labute approximate surface area is 268 Å². The van der Waals surface area contributed by atoms with E-state index in [4.69, 9.17) is 0 Å². The number of ether oxygens (including phenoxy) is 1. The van der Waals surface area contributed by atoms with Crippen LogP contribution in [0.1, 0.15) is 71.1 Å². The smallest absolute Gasteiger partial charge is 0.330 e. The molecule has 0 saturated carbocycles. The van der Waals surface area contributed by atoms with E-state index in [1.807, 2.05) is 12.2 Å². The molecule has 45 heavy (non-hydrogen) atoms. The van der Waals surface area contributed by atoms with Gasteiger partial charge in [-0.1, -0.05) is 79.8 Å². The Hall–Kier alpha value is -4.02. The number of nitrogens with one attached hydrogen (secondary N) is 2. The molecule has 0 spiro atoms. The van der Waals surface area contributed by atoms with Gasteiger partial charge in [-0.25, -0.2) is 9.59 Å². The highest BCUT2D eigenvalue weighted by molar-refractivity contribution is 5.97. The number of methoxy groups -OCH3 is 1. The van der Waals surface area contributed by atoms with Crippen LogP contribution in [0.5, 0.6) is 0 Å². The highest BCUT2D eigenvalue weighted by Crippen LogP contribution is 2.24. The molecule has 0 aromatic carbocycles. The summed E-state index contributed by atoms with van der Waals surface area (Å²) in [6, 6.07) is 0. The molecule has 5 N–H and O–H groups in total. The lowest BCUT2D eigenvalue weighted by Gasteiger charge is -2.36. The van der Waals surface area contributed by atoms with Crippen LogP contribution in [-0.2, 0) is 23.9 Å². The average Bonchev–Trinajstić information content (AvgIpc) is 3.03. The van der Waals surface area contributed by atoms with Gasteiger partial charge in [0.15, 0.2) is 0 Å². The summed E-state index contributed by atoms with van der Waals surface area (Å²) in [5, 5.41) is 34.2. The van der Waals surface area contributed by atoms with Gasteiger partial charge in [0.1, 0.15) is 5.54 Å². The summed E-state index contributed by atoms with van der Waals surface area (Å²) < 4.78 is 4.41. The van der Waals surface area contributed by atoms with Crippen LogP contribution in [0.15, 0.2) is 85.1 Å². The van der Waals surface area contributed by atoms with Crippen LogP contribution in [0.25, 0.3) is 0 Å². The molecule has 0 rings (SSSR count). The first-order valence-corrected chi connectivity index (χ1v) is 15.5. The van der Waals surface area contributed by atoms with Crippen molar-refractivity contribution in [1.29, 1.82) is 0 Å². The number of carboxylic acid groups (broad SMARTS) is 1. The lowest BCUT2D eigenvalue weighted by atomic mass is 9.80. The molecule has 0 aliphatic carbocycles. The van der Waals surface area contributed by atoms with Crippen LogP contribution in [0, 0.1) is 5.92 Å². The molecule has 1 atom stereocenters. The highest BCUT2D eigenvalue weighted by Gasteiger charge is 2.46. The molecule has 0 aliphatic heterocycles. The third kappa shape index (κ3) is 20.5. The van der Waals surface area contributed by atoms with E-state index >= 15 is 0 Å². The van der Waals surface area contributed by atoms with Crippen LogP contribution in [0.3, 0.4) is 0 Å². The zero-order valence-electron chi connectivity index (χ0n) is 26.7. The number of aliphatic carboxylic acids is 1. The van der Waals surface area contributed by atoms with Gasteiger partial charge in [0.2, 0.25) is 11.8 Å². The van der Waals surface area contributed by atoms with Gasteiger partial charge in [0.05, 0.1) is 20.3 Å². The van der Waals surface area contributed by atoms with Crippen molar-refractivity contribution in [2.24, 2.45) is 5.92 Å². The molecule has 2 amide bonds. The number of aliphatic hydroxyl groups is 2. The van der Waals surface area contributed by atoms with Crippen LogP contribution in [0.4, 0.5) is 0 Å². The van der Waals surface area contributed by atoms with Crippen LogP contribution in [-0.4, -0.2) is 71.5 Å². The largest absolute Gasteiger partial charge is 0.479 e. The topological polar surface area (TPSA) is 162 Å². The van der Waals surface area contributed by atoms with Crippen molar-refractivity contribution >= 4 is 23.8 Å². The van der Waals surface area contributed by atoms with Gasteiger partial charge < -0.3 is 30.7 Å². The predicted octanol–water partition coefficient (Wildman–Crippen LogP) is 4.63. The number of hydrogen-bond acceptors (Lipinski definition) is 7. The van der Waals surface area contributed by atoms with Gasteiger partial charge in [0, 0.05) is 31.0 Å². The molecule has 10 nitrogen and oxygen atoms in total. The van der Waals surface area contributed by atoms with E-state index in [0.717, 1.165) is 57.8 Å². The number of carbonyl (C=O) groups excluding carboxylic acids is 3. The molecule has 10 heteroatoms. The first-order valence-electron chi connectivity index (χ1n) is 15.5. The fourth-order valence-electron chi connectivity index (χ4n) is 4.08. The number of amides is 2. The minimum atomic E-state index is -2.02. The van der Waals surface area contributed by atoms with Crippen molar-refractivity contribution in [3.63, 3.8) is 0 Å². The van der Waals surface area contributed by atoms with E-state index in [0.29, 0.717) is 6.42 Å². The Balaban J connectivity index is 4.39. The van der Waals surface area contributed by atoms with E-state index in [1.165, 1.54) is 0 Å². The van der Waals surface area contributed by atoms with Crippen molar-refractivity contribution in [3.8, 4) is 0 Å². The Bertz CT molecular complexity index is 1070. The molecule has 0 heterocycles. The van der Waals surface area contributed by atoms with Gasteiger partial charge in [-0.15, -0.1) is 0 Å². The summed E-state index contributed by atoms with van der Waals surface area (Å²) in [4.78, 5) is 47.9. The van der Waals surface area contributed by atoms with Crippen molar-refractivity contribution < 1.29 is 39.2 Å². The molecule has 0 fully saturated rings. The summed E-state index contributed by atoms with van der Waals surface area (Å²) in [7, 11) is 1.12. The van der Waals surface area contributed by atoms with E-state index < -0.39 is 42.5 Å². The summed E-state index contributed by atoms with van der Waals surface area (Å²) in [5.74, 6) is -4.59. The molecule has 0 radical (unpaired) electrons. The molecule has 0 aromatic rings.